The van der Waals surface area contributed by atoms with Gasteiger partial charge in [-0.3, -0.25) is 0 Å². The number of hydrogen-bond acceptors (Lipinski definition) is 4. The molecular formula is C9H20N2O2. The van der Waals surface area contributed by atoms with E-state index in [0.717, 1.165) is 26.0 Å². The third-order valence-corrected chi connectivity index (χ3v) is 2.29. The lowest BCUT2D eigenvalue weighted by atomic mass is 9.88. The van der Waals surface area contributed by atoms with Gasteiger partial charge in [0.25, 0.3) is 0 Å². The van der Waals surface area contributed by atoms with E-state index in [0.29, 0.717) is 25.3 Å². The summed E-state index contributed by atoms with van der Waals surface area (Å²) in [7, 11) is 1.68. The van der Waals surface area contributed by atoms with Gasteiger partial charge in [0, 0.05) is 25.7 Å². The second-order valence-corrected chi connectivity index (χ2v) is 3.49. The molecule has 78 valence electrons. The fourth-order valence-electron chi connectivity index (χ4n) is 1.41. The zero-order valence-electron chi connectivity index (χ0n) is 8.29. The lowest BCUT2D eigenvalue weighted by Crippen LogP contribution is -2.49. The highest BCUT2D eigenvalue weighted by Gasteiger charge is 2.24. The maximum Gasteiger partial charge on any atom is 0.0700 e. The van der Waals surface area contributed by atoms with Gasteiger partial charge < -0.3 is 20.5 Å². The van der Waals surface area contributed by atoms with Crippen molar-refractivity contribution in [3.63, 3.8) is 0 Å². The van der Waals surface area contributed by atoms with E-state index in [1.54, 1.807) is 7.11 Å². The first-order valence-corrected chi connectivity index (χ1v) is 4.88. The SMILES string of the molecule is COCCOCCNC1CC(N)C1. The van der Waals surface area contributed by atoms with Crippen molar-refractivity contribution in [1.82, 2.24) is 5.32 Å². The van der Waals surface area contributed by atoms with Crippen LogP contribution in [0.15, 0.2) is 0 Å². The smallest absolute Gasteiger partial charge is 0.0700 e. The summed E-state index contributed by atoms with van der Waals surface area (Å²) in [5.41, 5.74) is 5.65. The minimum absolute atomic E-state index is 0.423. The zero-order valence-corrected chi connectivity index (χ0v) is 8.29. The molecule has 0 aromatic carbocycles. The highest BCUT2D eigenvalue weighted by molar-refractivity contribution is 4.87. The number of hydrogen-bond donors (Lipinski definition) is 2. The first-order valence-electron chi connectivity index (χ1n) is 4.88. The second kappa shape index (κ2) is 6.32. The molecule has 1 saturated carbocycles. The fourth-order valence-corrected chi connectivity index (χ4v) is 1.41. The van der Waals surface area contributed by atoms with E-state index in [4.69, 9.17) is 15.2 Å². The monoisotopic (exact) mass is 188 g/mol. The molecule has 0 heterocycles. The molecule has 0 saturated heterocycles. The summed E-state index contributed by atoms with van der Waals surface area (Å²) in [4.78, 5) is 0. The largest absolute Gasteiger partial charge is 0.382 e. The van der Waals surface area contributed by atoms with Crippen LogP contribution >= 0.6 is 0 Å². The second-order valence-electron chi connectivity index (χ2n) is 3.49. The Kier molecular flexibility index (Phi) is 5.31. The van der Waals surface area contributed by atoms with Crippen molar-refractivity contribution in [1.29, 1.82) is 0 Å². The average molecular weight is 188 g/mol. The quantitative estimate of drug-likeness (QED) is 0.540. The van der Waals surface area contributed by atoms with Gasteiger partial charge >= 0.3 is 0 Å². The van der Waals surface area contributed by atoms with E-state index in [1.165, 1.54) is 0 Å². The molecule has 1 aliphatic carbocycles. The molecule has 0 atom stereocenters. The molecule has 1 fully saturated rings. The van der Waals surface area contributed by atoms with Crippen LogP contribution in [-0.2, 0) is 9.47 Å². The lowest BCUT2D eigenvalue weighted by molar-refractivity contribution is 0.0695. The summed E-state index contributed by atoms with van der Waals surface area (Å²) < 4.78 is 10.2. The van der Waals surface area contributed by atoms with Crippen LogP contribution in [0.3, 0.4) is 0 Å². The van der Waals surface area contributed by atoms with Crippen molar-refractivity contribution < 1.29 is 9.47 Å². The Balaban J connectivity index is 1.74. The molecule has 13 heavy (non-hydrogen) atoms. The minimum Gasteiger partial charge on any atom is -0.382 e. The zero-order chi connectivity index (χ0) is 9.52. The highest BCUT2D eigenvalue weighted by atomic mass is 16.5. The molecule has 1 aliphatic rings. The highest BCUT2D eigenvalue weighted by Crippen LogP contribution is 2.16. The third kappa shape index (κ3) is 4.57. The van der Waals surface area contributed by atoms with Crippen LogP contribution in [0.4, 0.5) is 0 Å². The summed E-state index contributed by atoms with van der Waals surface area (Å²) in [5.74, 6) is 0. The van der Waals surface area contributed by atoms with E-state index >= 15 is 0 Å². The molecule has 1 rings (SSSR count). The summed E-state index contributed by atoms with van der Waals surface area (Å²) in [6.07, 6.45) is 2.22. The average Bonchev–Trinajstić information content (AvgIpc) is 2.07. The molecule has 0 aliphatic heterocycles. The Bertz CT molecular complexity index is 127. The maximum absolute atomic E-state index is 5.65. The van der Waals surface area contributed by atoms with E-state index in [1.807, 2.05) is 0 Å². The number of ether oxygens (including phenoxy) is 2. The summed E-state index contributed by atoms with van der Waals surface area (Å²) in [5, 5.41) is 3.38. The van der Waals surface area contributed by atoms with Crippen LogP contribution in [0, 0.1) is 0 Å². The Morgan fingerprint density at radius 1 is 1.31 bits per heavy atom. The van der Waals surface area contributed by atoms with Crippen molar-refractivity contribution in [2.24, 2.45) is 5.73 Å². The van der Waals surface area contributed by atoms with Crippen LogP contribution in [-0.4, -0.2) is 45.6 Å². The Morgan fingerprint density at radius 2 is 2.08 bits per heavy atom. The van der Waals surface area contributed by atoms with E-state index < -0.39 is 0 Å². The van der Waals surface area contributed by atoms with E-state index in [9.17, 15) is 0 Å². The molecule has 0 aromatic rings. The predicted octanol–water partition coefficient (Wildman–Crippen LogP) is -0.271. The van der Waals surface area contributed by atoms with Gasteiger partial charge in [0.05, 0.1) is 19.8 Å². The molecule has 0 unspecified atom stereocenters. The van der Waals surface area contributed by atoms with Crippen molar-refractivity contribution >= 4 is 0 Å². The summed E-state index contributed by atoms with van der Waals surface area (Å²) in [6, 6.07) is 1.05. The summed E-state index contributed by atoms with van der Waals surface area (Å²) >= 11 is 0. The van der Waals surface area contributed by atoms with Gasteiger partial charge in [0.15, 0.2) is 0 Å². The van der Waals surface area contributed by atoms with Crippen LogP contribution in [0.1, 0.15) is 12.8 Å². The molecule has 4 heteroatoms. The van der Waals surface area contributed by atoms with Crippen molar-refractivity contribution in [3.8, 4) is 0 Å². The first-order chi connectivity index (χ1) is 6.33. The van der Waals surface area contributed by atoms with Gasteiger partial charge in [0.2, 0.25) is 0 Å². The molecule has 0 radical (unpaired) electrons. The van der Waals surface area contributed by atoms with Crippen LogP contribution in [0.25, 0.3) is 0 Å². The Hall–Kier alpha value is -0.160. The standard InChI is InChI=1S/C9H20N2O2/c1-12-4-5-13-3-2-11-9-6-8(10)7-9/h8-9,11H,2-7,10H2,1H3. The van der Waals surface area contributed by atoms with E-state index in [2.05, 4.69) is 5.32 Å². The van der Waals surface area contributed by atoms with Crippen molar-refractivity contribution in [2.45, 2.75) is 24.9 Å². The number of rotatable bonds is 7. The van der Waals surface area contributed by atoms with E-state index in [-0.39, 0.29) is 0 Å². The fraction of sp³-hybridized carbons (Fsp3) is 1.00. The molecule has 0 spiro atoms. The molecule has 0 aromatic heterocycles. The predicted molar refractivity (Wildman–Crippen MR) is 51.7 cm³/mol. The molecule has 0 bridgehead atoms. The molecular weight excluding hydrogens is 168 g/mol. The lowest BCUT2D eigenvalue weighted by Gasteiger charge is -2.33. The number of methoxy groups -OCH3 is 1. The minimum atomic E-state index is 0.423. The molecule has 4 nitrogen and oxygen atoms in total. The maximum atomic E-state index is 5.65. The number of nitrogens with one attached hydrogen (secondary N) is 1. The number of nitrogens with two attached hydrogens (primary N) is 1. The summed E-state index contributed by atoms with van der Waals surface area (Å²) in [6.45, 7) is 3.03. The molecule has 3 N–H and O–H groups in total. The Morgan fingerprint density at radius 3 is 2.69 bits per heavy atom. The first kappa shape index (κ1) is 10.9. The van der Waals surface area contributed by atoms with Gasteiger partial charge in [-0.25, -0.2) is 0 Å². The third-order valence-electron chi connectivity index (χ3n) is 2.29. The van der Waals surface area contributed by atoms with Gasteiger partial charge in [-0.1, -0.05) is 0 Å². The van der Waals surface area contributed by atoms with Gasteiger partial charge in [-0.2, -0.15) is 0 Å². The topological polar surface area (TPSA) is 56.5 Å². The van der Waals surface area contributed by atoms with Crippen LogP contribution in [0.5, 0.6) is 0 Å². The van der Waals surface area contributed by atoms with Gasteiger partial charge in [0.1, 0.15) is 0 Å². The van der Waals surface area contributed by atoms with Crippen molar-refractivity contribution in [2.75, 3.05) is 33.5 Å². The van der Waals surface area contributed by atoms with Gasteiger partial charge in [-0.15, -0.1) is 0 Å². The van der Waals surface area contributed by atoms with Crippen LogP contribution < -0.4 is 11.1 Å². The van der Waals surface area contributed by atoms with Crippen LogP contribution in [0.2, 0.25) is 0 Å². The van der Waals surface area contributed by atoms with Crippen molar-refractivity contribution in [3.05, 3.63) is 0 Å². The normalized spacial score (nSPS) is 27.2. The Labute approximate surface area is 79.8 Å². The molecule has 0 amide bonds. The van der Waals surface area contributed by atoms with Gasteiger partial charge in [-0.05, 0) is 12.8 Å².